The molecule has 30 heavy (non-hydrogen) atoms. The zero-order valence-corrected chi connectivity index (χ0v) is 18.8. The topological polar surface area (TPSA) is 93.5 Å². The zero-order valence-electron chi connectivity index (χ0n) is 17.3. The summed E-state index contributed by atoms with van der Waals surface area (Å²) in [6, 6.07) is -0.110. The number of sulfonamides is 1. The molecule has 3 fully saturated rings. The summed E-state index contributed by atoms with van der Waals surface area (Å²) in [6.45, 7) is 3.51. The second-order valence-corrected chi connectivity index (χ2v) is 11.3. The smallest absolute Gasteiger partial charge is 0.287 e. The van der Waals surface area contributed by atoms with E-state index in [1.54, 1.807) is 10.5 Å². The average molecular weight is 459 g/mol. The summed E-state index contributed by atoms with van der Waals surface area (Å²) in [5, 5.41) is 7.39. The normalized spacial score (nSPS) is 28.5. The lowest BCUT2D eigenvalue weighted by Crippen LogP contribution is -2.40. The first-order chi connectivity index (χ1) is 14.5. The SMILES string of the molecule is O=c1c(Cl)c(NC[C@H]2CCCOC2)cnn1[C@H]1CC[C@H](S(=O)(=O)N2CCCC2)CC1. The molecule has 0 unspecified atom stereocenters. The minimum absolute atomic E-state index is 0.110. The highest BCUT2D eigenvalue weighted by molar-refractivity contribution is 7.89. The fourth-order valence-corrected chi connectivity index (χ4v) is 7.05. The van der Waals surface area contributed by atoms with Gasteiger partial charge in [0.2, 0.25) is 10.0 Å². The fraction of sp³-hybridized carbons (Fsp3) is 0.800. The van der Waals surface area contributed by atoms with Crippen molar-refractivity contribution in [1.82, 2.24) is 14.1 Å². The van der Waals surface area contributed by atoms with Crippen LogP contribution in [-0.2, 0) is 14.8 Å². The molecule has 0 radical (unpaired) electrons. The van der Waals surface area contributed by atoms with Crippen LogP contribution in [-0.4, -0.2) is 60.6 Å². The lowest BCUT2D eigenvalue weighted by atomic mass is 9.95. The third-order valence-corrected chi connectivity index (χ3v) is 9.38. The second-order valence-electron chi connectivity index (χ2n) is 8.67. The lowest BCUT2D eigenvalue weighted by Gasteiger charge is -2.31. The molecule has 1 aromatic rings. The molecule has 3 heterocycles. The molecule has 1 saturated carbocycles. The van der Waals surface area contributed by atoms with Crippen LogP contribution in [0.25, 0.3) is 0 Å². The molecule has 0 amide bonds. The largest absolute Gasteiger partial charge is 0.382 e. The highest BCUT2D eigenvalue weighted by Gasteiger charge is 2.37. The average Bonchev–Trinajstić information content (AvgIpc) is 3.32. The van der Waals surface area contributed by atoms with Gasteiger partial charge in [0.05, 0.1) is 29.8 Å². The Morgan fingerprint density at radius 1 is 1.13 bits per heavy atom. The Balaban J connectivity index is 1.37. The van der Waals surface area contributed by atoms with Gasteiger partial charge in [0.25, 0.3) is 5.56 Å². The minimum atomic E-state index is -3.23. The van der Waals surface area contributed by atoms with E-state index < -0.39 is 10.0 Å². The van der Waals surface area contributed by atoms with E-state index in [0.717, 1.165) is 38.9 Å². The summed E-state index contributed by atoms with van der Waals surface area (Å²) in [7, 11) is -3.23. The maximum Gasteiger partial charge on any atom is 0.287 e. The van der Waals surface area contributed by atoms with Crippen molar-refractivity contribution in [2.45, 2.75) is 62.7 Å². The predicted octanol–water partition coefficient (Wildman–Crippen LogP) is 2.64. The summed E-state index contributed by atoms with van der Waals surface area (Å²) in [5.74, 6) is 0.407. The van der Waals surface area contributed by atoms with Crippen LogP contribution in [0.15, 0.2) is 11.0 Å². The van der Waals surface area contributed by atoms with E-state index in [4.69, 9.17) is 16.3 Å². The van der Waals surface area contributed by atoms with Crippen LogP contribution in [0.1, 0.15) is 57.4 Å². The van der Waals surface area contributed by atoms with E-state index in [0.29, 0.717) is 56.9 Å². The standard InChI is InChI=1S/C20H31ClN4O4S/c21-19-18(22-12-15-4-3-11-29-14-15)13-23-25(20(19)26)16-5-7-17(8-6-16)30(27,28)24-9-1-2-10-24/h13,15-17,22H,1-12,14H2/t15-,16-,17-/m1/s1. The van der Waals surface area contributed by atoms with Crippen LogP contribution >= 0.6 is 11.6 Å². The number of nitrogens with one attached hydrogen (secondary N) is 1. The van der Waals surface area contributed by atoms with E-state index in [-0.39, 0.29) is 21.9 Å². The van der Waals surface area contributed by atoms with Gasteiger partial charge in [-0.25, -0.2) is 17.4 Å². The highest BCUT2D eigenvalue weighted by atomic mass is 35.5. The molecule has 2 aliphatic heterocycles. The summed E-state index contributed by atoms with van der Waals surface area (Å²) in [5.41, 5.74) is 0.237. The third-order valence-electron chi connectivity index (χ3n) is 6.62. The summed E-state index contributed by atoms with van der Waals surface area (Å²) < 4.78 is 34.2. The Morgan fingerprint density at radius 2 is 1.87 bits per heavy atom. The Labute approximate surface area is 183 Å². The number of rotatable bonds is 6. The van der Waals surface area contributed by atoms with Gasteiger partial charge in [-0.3, -0.25) is 4.79 Å². The van der Waals surface area contributed by atoms with Gasteiger partial charge in [0, 0.05) is 26.2 Å². The third kappa shape index (κ3) is 4.69. The van der Waals surface area contributed by atoms with Gasteiger partial charge in [-0.2, -0.15) is 5.10 Å². The second kappa shape index (κ2) is 9.54. The van der Waals surface area contributed by atoms with Crippen molar-refractivity contribution in [3.8, 4) is 0 Å². The number of halogens is 1. The molecule has 1 aromatic heterocycles. The summed E-state index contributed by atoms with van der Waals surface area (Å²) in [4.78, 5) is 12.8. The maximum atomic E-state index is 12.8. The molecular weight excluding hydrogens is 428 g/mol. The van der Waals surface area contributed by atoms with Gasteiger partial charge < -0.3 is 10.1 Å². The number of hydrogen-bond acceptors (Lipinski definition) is 6. The minimum Gasteiger partial charge on any atom is -0.382 e. The molecule has 168 valence electrons. The molecule has 10 heteroatoms. The Kier molecular flexibility index (Phi) is 7.01. The van der Waals surface area contributed by atoms with E-state index in [2.05, 4.69) is 10.4 Å². The van der Waals surface area contributed by atoms with Gasteiger partial charge in [-0.1, -0.05) is 11.6 Å². The molecular formula is C20H31ClN4O4S. The molecule has 4 rings (SSSR count). The van der Waals surface area contributed by atoms with Gasteiger partial charge in [-0.05, 0) is 57.3 Å². The molecule has 3 aliphatic rings. The highest BCUT2D eigenvalue weighted by Crippen LogP contribution is 2.33. The Hall–Kier alpha value is -1.16. The van der Waals surface area contributed by atoms with Crippen molar-refractivity contribution in [2.24, 2.45) is 5.92 Å². The Morgan fingerprint density at radius 3 is 2.53 bits per heavy atom. The van der Waals surface area contributed by atoms with Crippen LogP contribution in [0.5, 0.6) is 0 Å². The van der Waals surface area contributed by atoms with E-state index in [1.165, 1.54) is 4.68 Å². The monoisotopic (exact) mass is 458 g/mol. The fourth-order valence-electron chi connectivity index (χ4n) is 4.79. The van der Waals surface area contributed by atoms with Crippen molar-refractivity contribution in [3.63, 3.8) is 0 Å². The van der Waals surface area contributed by atoms with Crippen molar-refractivity contribution < 1.29 is 13.2 Å². The van der Waals surface area contributed by atoms with Crippen molar-refractivity contribution in [2.75, 3.05) is 38.2 Å². The van der Waals surface area contributed by atoms with Gasteiger partial charge in [0.1, 0.15) is 5.02 Å². The molecule has 8 nitrogen and oxygen atoms in total. The molecule has 1 aliphatic carbocycles. The summed E-state index contributed by atoms with van der Waals surface area (Å²) in [6.07, 6.45) is 7.99. The van der Waals surface area contributed by atoms with Crippen LogP contribution in [0.2, 0.25) is 5.02 Å². The molecule has 0 bridgehead atoms. The van der Waals surface area contributed by atoms with Gasteiger partial charge >= 0.3 is 0 Å². The number of anilines is 1. The first-order valence-electron chi connectivity index (χ1n) is 11.0. The molecule has 0 aromatic carbocycles. The molecule has 0 spiro atoms. The number of ether oxygens (including phenoxy) is 1. The van der Waals surface area contributed by atoms with Crippen molar-refractivity contribution in [3.05, 3.63) is 21.6 Å². The van der Waals surface area contributed by atoms with E-state index >= 15 is 0 Å². The number of aromatic nitrogens is 2. The molecule has 1 atom stereocenters. The van der Waals surface area contributed by atoms with Crippen LogP contribution in [0.3, 0.4) is 0 Å². The van der Waals surface area contributed by atoms with Gasteiger partial charge in [0.15, 0.2) is 0 Å². The summed E-state index contributed by atoms with van der Waals surface area (Å²) >= 11 is 6.35. The molecule has 1 N–H and O–H groups in total. The van der Waals surface area contributed by atoms with Crippen LogP contribution in [0, 0.1) is 5.92 Å². The number of hydrogen-bond donors (Lipinski definition) is 1. The van der Waals surface area contributed by atoms with Crippen LogP contribution < -0.4 is 10.9 Å². The lowest BCUT2D eigenvalue weighted by molar-refractivity contribution is 0.0595. The van der Waals surface area contributed by atoms with E-state index in [9.17, 15) is 13.2 Å². The Bertz CT molecular complexity index is 887. The maximum absolute atomic E-state index is 12.8. The van der Waals surface area contributed by atoms with Gasteiger partial charge in [-0.15, -0.1) is 0 Å². The van der Waals surface area contributed by atoms with Crippen molar-refractivity contribution >= 4 is 27.3 Å². The number of nitrogens with zero attached hydrogens (tertiary/aromatic N) is 3. The molecule has 2 saturated heterocycles. The first-order valence-corrected chi connectivity index (χ1v) is 12.9. The van der Waals surface area contributed by atoms with Crippen molar-refractivity contribution in [1.29, 1.82) is 0 Å². The van der Waals surface area contributed by atoms with Crippen LogP contribution in [0.4, 0.5) is 5.69 Å². The zero-order chi connectivity index (χ0) is 21.1. The van der Waals surface area contributed by atoms with E-state index in [1.807, 2.05) is 0 Å². The first kappa shape index (κ1) is 22.0. The predicted molar refractivity (Wildman–Crippen MR) is 117 cm³/mol. The quantitative estimate of drug-likeness (QED) is 0.704.